The van der Waals surface area contributed by atoms with Gasteiger partial charge >= 0.3 is 23.9 Å². The summed E-state index contributed by atoms with van der Waals surface area (Å²) in [6.07, 6.45) is 3.90. The number of carboxylic acid groups (broad SMARTS) is 3. The fourth-order valence-corrected chi connectivity index (χ4v) is 13.4. The summed E-state index contributed by atoms with van der Waals surface area (Å²) in [6, 6.07) is 21.6. The molecule has 32 nitrogen and oxygen atoms in total. The highest BCUT2D eigenvalue weighted by Gasteiger charge is 2.32. The van der Waals surface area contributed by atoms with E-state index in [4.69, 9.17) is 26.0 Å². The number of anilines is 4. The molecule has 0 aliphatic heterocycles. The summed E-state index contributed by atoms with van der Waals surface area (Å²) in [4.78, 5) is 111. The van der Waals surface area contributed by atoms with Crippen molar-refractivity contribution < 1.29 is 99.0 Å². The first kappa shape index (κ1) is 82.1. The highest BCUT2D eigenvalue weighted by Crippen LogP contribution is 2.43. The number of carboxylic acids is 3. The minimum Gasteiger partial charge on any atom is -0.505 e. The molecule has 0 heterocycles. The van der Waals surface area contributed by atoms with Crippen LogP contribution >= 0.6 is 0 Å². The van der Waals surface area contributed by atoms with Crippen LogP contribution in [0.15, 0.2) is 107 Å². The number of fused-ring (bicyclic) bond motifs is 2. The van der Waals surface area contributed by atoms with E-state index in [1.54, 1.807) is 12.1 Å². The van der Waals surface area contributed by atoms with Crippen molar-refractivity contribution in [1.82, 2.24) is 31.9 Å². The molecule has 568 valence electrons. The van der Waals surface area contributed by atoms with Crippen molar-refractivity contribution in [2.24, 2.45) is 17.6 Å². The Bertz CT molecular complexity index is 4360. The number of aryl methyl sites for hydroxylation is 2. The van der Waals surface area contributed by atoms with E-state index in [-0.39, 0.29) is 112 Å². The van der Waals surface area contributed by atoms with Crippen LogP contribution in [0.3, 0.4) is 0 Å². The monoisotopic (exact) mass is 1500 g/mol. The van der Waals surface area contributed by atoms with Crippen molar-refractivity contribution >= 4 is 118 Å². The lowest BCUT2D eigenvalue weighted by Gasteiger charge is -2.29. The van der Waals surface area contributed by atoms with E-state index in [0.717, 1.165) is 38.6 Å². The molecule has 0 saturated heterocycles. The number of urea groups is 1. The number of carbonyl (C=O) groups is 9. The van der Waals surface area contributed by atoms with E-state index in [1.807, 2.05) is 80.6 Å². The Labute approximate surface area is 606 Å². The van der Waals surface area contributed by atoms with Crippen molar-refractivity contribution in [3.63, 3.8) is 0 Å². The third-order valence-corrected chi connectivity index (χ3v) is 19.6. The molecule has 6 aromatic rings. The zero-order valence-corrected chi connectivity index (χ0v) is 59.7. The van der Waals surface area contributed by atoms with Gasteiger partial charge in [0.05, 0.1) is 54.9 Å². The maximum Gasteiger partial charge on any atom is 0.326 e. The zero-order chi connectivity index (χ0) is 76.5. The van der Waals surface area contributed by atoms with E-state index in [1.165, 1.54) is 12.1 Å². The molecule has 7 amide bonds. The van der Waals surface area contributed by atoms with E-state index in [0.29, 0.717) is 81.9 Å². The molecule has 34 heteroatoms. The Morgan fingerprint density at radius 1 is 0.562 bits per heavy atom. The van der Waals surface area contributed by atoms with Gasteiger partial charge in [0.15, 0.2) is 0 Å². The number of phenolic OH excluding ortho intramolecular Hbond substituents is 1. The minimum atomic E-state index is -5.08. The number of nitrogens with one attached hydrogen (secondary N) is 9. The average Bonchev–Trinajstić information content (AvgIpc) is 0.743. The van der Waals surface area contributed by atoms with Crippen molar-refractivity contribution in [3.05, 3.63) is 114 Å². The molecule has 0 radical (unpaired) electrons. The summed E-state index contributed by atoms with van der Waals surface area (Å²) in [5, 5.41) is 59.0. The molecule has 0 bridgehead atoms. The molecular formula is C71H91N11O21S2. The van der Waals surface area contributed by atoms with Gasteiger partial charge in [-0.1, -0.05) is 60.7 Å². The number of hydrogen-bond donors (Lipinski definition) is 17. The Kier molecular flexibility index (Phi) is 30.5. The largest absolute Gasteiger partial charge is 0.505 e. The Morgan fingerprint density at radius 3 is 1.72 bits per heavy atom. The molecule has 1 saturated carbocycles. The molecule has 0 spiro atoms. The fraction of sp³-hybridized carbons (Fsp3) is 0.423. The van der Waals surface area contributed by atoms with Crippen LogP contribution in [0.4, 0.5) is 27.5 Å². The number of hydrogen-bond acceptors (Lipinski definition) is 20. The number of nitrogen functional groups attached to an aromatic ring is 1. The molecule has 4 atom stereocenters. The van der Waals surface area contributed by atoms with Gasteiger partial charge in [-0.15, -0.1) is 0 Å². The summed E-state index contributed by atoms with van der Waals surface area (Å²) in [5.41, 5.74) is 22.4. The molecule has 6 aromatic carbocycles. The normalized spacial score (nSPS) is 14.9. The number of phenols is 1. The van der Waals surface area contributed by atoms with Crippen molar-refractivity contribution in [2.75, 3.05) is 68.0 Å². The lowest BCUT2D eigenvalue weighted by molar-refractivity contribution is -0.141. The van der Waals surface area contributed by atoms with Gasteiger partial charge < -0.3 is 84.0 Å². The average molecular weight is 1500 g/mol. The fourth-order valence-electron chi connectivity index (χ4n) is 11.9. The van der Waals surface area contributed by atoms with Crippen LogP contribution < -0.4 is 59.5 Å². The van der Waals surface area contributed by atoms with Crippen LogP contribution in [0.5, 0.6) is 5.75 Å². The second-order valence-corrected chi connectivity index (χ2v) is 28.5. The quantitative estimate of drug-likeness (QED) is 0.00701. The Hall–Kier alpha value is -10.2. The minimum absolute atomic E-state index is 0.0513. The van der Waals surface area contributed by atoms with Crippen LogP contribution in [-0.4, -0.2) is 170 Å². The second kappa shape index (κ2) is 39.0. The number of rotatable bonds is 41. The zero-order valence-electron chi connectivity index (χ0n) is 58.0. The molecule has 2 unspecified atom stereocenters. The SMILES string of the molecule is Cc1cc(-c2ccc(NC(=O)C(N)CCCCNC(=O)CCOCCOCCC(=O)NCC3CCC(C(=O)N[C@@H](Cc4ccc5ccccc5c4)C(=O)NCCCC[C@H](NC(=O)NC(CCC(=O)O)C(=O)O)C(=O)O)CC3)c(C)c2)ccc1NNc1ccc2c(S(=O)(=O)O)cc(S(=O)(=O)O)c(N)c2c1O. The number of benzene rings is 6. The van der Waals surface area contributed by atoms with E-state index in [2.05, 4.69) is 48.1 Å². The van der Waals surface area contributed by atoms with Crippen LogP contribution in [0.25, 0.3) is 32.7 Å². The number of ether oxygens (including phenoxy) is 2. The lowest BCUT2D eigenvalue weighted by atomic mass is 9.81. The van der Waals surface area contributed by atoms with E-state index in [9.17, 15) is 84.4 Å². The van der Waals surface area contributed by atoms with Gasteiger partial charge in [0.1, 0.15) is 33.7 Å². The van der Waals surface area contributed by atoms with Crippen molar-refractivity contribution in [2.45, 2.75) is 144 Å². The molecule has 0 aromatic heterocycles. The molecular weight excluding hydrogens is 1410 g/mol. The Balaban J connectivity index is 0.721. The Morgan fingerprint density at radius 2 is 1.12 bits per heavy atom. The number of aliphatic carboxylic acids is 3. The second-order valence-electron chi connectivity index (χ2n) is 25.7. The standard InChI is InChI=1S/C71H91N11O21S2/c1-41-35-48(49-20-23-53(42(2)36-49)81-82-54-24-21-50-58(104(96,97)98)39-59(105(99,100)101)64(73)63(50)65(54)87)19-22-52(41)77-67(89)51(72)11-5-7-29-74-60(83)27-31-102-33-34-103-32-28-61(84)76-40-43-13-17-46(18-14-43)66(88)78-57(38-44-15-16-45-9-3-4-10-47(45)37-44)68(90)75-30-8-6-12-55(69(91)92)79-71(95)80-56(70(93)94)25-26-62(85)86/h3-4,9-10,15-16,19-24,35-37,39,43,46,51,55-57,81-82,87H,5-8,11-14,17-18,25-34,38,40,72-73H2,1-2H3,(H,74,83)(H,75,90)(H,76,84)(H,77,89)(H,78,88)(H,85,86)(H,91,92)(H,93,94)(H2,79,80,95)(H,96,97,98)(H,99,100,101)/t43?,46?,51?,55-,56?,57-/m0/s1. The van der Waals surface area contributed by atoms with Gasteiger partial charge in [-0.05, 0) is 165 Å². The summed E-state index contributed by atoms with van der Waals surface area (Å²) in [6.45, 7) is 5.31. The molecule has 105 heavy (non-hydrogen) atoms. The topological polar surface area (TPSA) is 522 Å². The summed E-state index contributed by atoms with van der Waals surface area (Å²) in [7, 11) is -10.1. The number of hydrazine groups is 1. The molecule has 1 aliphatic carbocycles. The highest BCUT2D eigenvalue weighted by atomic mass is 32.2. The summed E-state index contributed by atoms with van der Waals surface area (Å²) >= 11 is 0. The van der Waals surface area contributed by atoms with Crippen LogP contribution in [-0.2, 0) is 74.5 Å². The van der Waals surface area contributed by atoms with Crippen LogP contribution in [0.2, 0.25) is 0 Å². The van der Waals surface area contributed by atoms with Gasteiger partial charge in [-0.2, -0.15) is 16.8 Å². The predicted molar refractivity (Wildman–Crippen MR) is 389 cm³/mol. The van der Waals surface area contributed by atoms with Gasteiger partial charge in [-0.3, -0.25) is 43.3 Å². The molecule has 1 aliphatic rings. The van der Waals surface area contributed by atoms with Gasteiger partial charge in [0, 0.05) is 62.3 Å². The van der Waals surface area contributed by atoms with Gasteiger partial charge in [0.2, 0.25) is 29.5 Å². The van der Waals surface area contributed by atoms with Crippen molar-refractivity contribution in [3.8, 4) is 16.9 Å². The maximum atomic E-state index is 13.8. The van der Waals surface area contributed by atoms with Crippen molar-refractivity contribution in [1.29, 1.82) is 0 Å². The number of aromatic hydroxyl groups is 1. The highest BCUT2D eigenvalue weighted by molar-refractivity contribution is 7.87. The third kappa shape index (κ3) is 25.3. The predicted octanol–water partition coefficient (Wildman–Crippen LogP) is 5.87. The number of amides is 7. The summed E-state index contributed by atoms with van der Waals surface area (Å²) < 4.78 is 78.8. The first-order valence-electron chi connectivity index (χ1n) is 34.2. The molecule has 7 rings (SSSR count). The first-order valence-corrected chi connectivity index (χ1v) is 37.1. The van der Waals surface area contributed by atoms with Crippen LogP contribution in [0.1, 0.15) is 107 Å². The number of unbranched alkanes of at least 4 members (excludes halogenated alkanes) is 2. The number of nitrogens with two attached hydrogens (primary N) is 2. The first-order chi connectivity index (χ1) is 49.9. The van der Waals surface area contributed by atoms with Gasteiger partial charge in [0.25, 0.3) is 20.2 Å². The smallest absolute Gasteiger partial charge is 0.326 e. The van der Waals surface area contributed by atoms with Crippen LogP contribution in [0, 0.1) is 25.7 Å². The molecule has 19 N–H and O–H groups in total. The maximum absolute atomic E-state index is 13.8. The lowest BCUT2D eigenvalue weighted by Crippen LogP contribution is -2.51. The molecule has 1 fully saturated rings. The van der Waals surface area contributed by atoms with E-state index >= 15 is 0 Å². The van der Waals surface area contributed by atoms with Gasteiger partial charge in [-0.25, -0.2) is 14.4 Å². The summed E-state index contributed by atoms with van der Waals surface area (Å²) in [5.74, 6) is -6.52. The van der Waals surface area contributed by atoms with E-state index < -0.39 is 114 Å². The third-order valence-electron chi connectivity index (χ3n) is 17.9. The number of carbonyl (C=O) groups excluding carboxylic acids is 6.